The van der Waals surface area contributed by atoms with E-state index in [1.165, 1.54) is 0 Å². The lowest BCUT2D eigenvalue weighted by molar-refractivity contribution is -0.122. The van der Waals surface area contributed by atoms with E-state index in [0.29, 0.717) is 36.1 Å². The van der Waals surface area contributed by atoms with Gasteiger partial charge in [0.1, 0.15) is 19.0 Å². The molecule has 0 aromatic heterocycles. The molecule has 5 nitrogen and oxygen atoms in total. The van der Waals surface area contributed by atoms with Gasteiger partial charge >= 0.3 is 0 Å². The van der Waals surface area contributed by atoms with Gasteiger partial charge in [-0.15, -0.1) is 0 Å². The molecular weight excluding hydrogens is 282 g/mol. The summed E-state index contributed by atoms with van der Waals surface area (Å²) in [7, 11) is 0. The van der Waals surface area contributed by atoms with Crippen molar-refractivity contribution in [1.29, 1.82) is 0 Å². The Bertz CT molecular complexity index is 657. The molecule has 0 saturated carbocycles. The van der Waals surface area contributed by atoms with Crippen molar-refractivity contribution >= 4 is 11.6 Å². The summed E-state index contributed by atoms with van der Waals surface area (Å²) in [5.41, 5.74) is 0.651. The van der Waals surface area contributed by atoms with Gasteiger partial charge in [-0.3, -0.25) is 4.79 Å². The van der Waals surface area contributed by atoms with Crippen molar-refractivity contribution in [1.82, 2.24) is 0 Å². The maximum Gasteiger partial charge on any atom is 0.265 e. The summed E-state index contributed by atoms with van der Waals surface area (Å²) >= 11 is 0. The molecule has 1 amide bonds. The second-order valence-electron chi connectivity index (χ2n) is 4.92. The number of anilines is 1. The number of amides is 1. The largest absolute Gasteiger partial charge is 0.486 e. The fourth-order valence-corrected chi connectivity index (χ4v) is 2.12. The maximum absolute atomic E-state index is 12.2. The Morgan fingerprint density at radius 3 is 2.59 bits per heavy atom. The van der Waals surface area contributed by atoms with Crippen molar-refractivity contribution in [2.75, 3.05) is 18.5 Å². The second kappa shape index (κ2) is 6.39. The van der Waals surface area contributed by atoms with E-state index in [2.05, 4.69) is 5.32 Å². The summed E-state index contributed by atoms with van der Waals surface area (Å²) in [5.74, 6) is 1.77. The van der Waals surface area contributed by atoms with Gasteiger partial charge in [0.15, 0.2) is 17.6 Å². The van der Waals surface area contributed by atoms with Crippen LogP contribution < -0.4 is 19.5 Å². The molecule has 22 heavy (non-hydrogen) atoms. The Labute approximate surface area is 128 Å². The highest BCUT2D eigenvalue weighted by atomic mass is 16.6. The molecule has 0 fully saturated rings. The molecule has 5 heteroatoms. The molecule has 0 saturated heterocycles. The predicted molar refractivity (Wildman–Crippen MR) is 82.6 cm³/mol. The average molecular weight is 299 g/mol. The van der Waals surface area contributed by atoms with Gasteiger partial charge in [0.2, 0.25) is 0 Å². The first-order valence-corrected chi connectivity index (χ1v) is 7.14. The number of rotatable bonds is 4. The van der Waals surface area contributed by atoms with E-state index in [1.54, 1.807) is 25.1 Å². The summed E-state index contributed by atoms with van der Waals surface area (Å²) < 4.78 is 16.5. The lowest BCUT2D eigenvalue weighted by atomic mass is 10.2. The van der Waals surface area contributed by atoms with E-state index in [4.69, 9.17) is 14.2 Å². The first kappa shape index (κ1) is 14.3. The van der Waals surface area contributed by atoms with Gasteiger partial charge in [-0.05, 0) is 31.2 Å². The van der Waals surface area contributed by atoms with Crippen LogP contribution in [0.2, 0.25) is 0 Å². The first-order chi connectivity index (χ1) is 10.7. The molecule has 0 bridgehead atoms. The maximum atomic E-state index is 12.2. The monoisotopic (exact) mass is 299 g/mol. The number of hydrogen-bond donors (Lipinski definition) is 1. The van der Waals surface area contributed by atoms with Crippen molar-refractivity contribution < 1.29 is 19.0 Å². The highest BCUT2D eigenvalue weighted by molar-refractivity contribution is 5.94. The van der Waals surface area contributed by atoms with Crippen LogP contribution in [0.5, 0.6) is 17.2 Å². The third-order valence-corrected chi connectivity index (χ3v) is 3.24. The minimum absolute atomic E-state index is 0.222. The zero-order valence-corrected chi connectivity index (χ0v) is 12.2. The van der Waals surface area contributed by atoms with Crippen molar-refractivity contribution in [2.24, 2.45) is 0 Å². The molecule has 0 spiro atoms. The molecule has 2 aromatic rings. The first-order valence-electron chi connectivity index (χ1n) is 7.14. The van der Waals surface area contributed by atoms with Crippen LogP contribution in [0.25, 0.3) is 0 Å². The second-order valence-corrected chi connectivity index (χ2v) is 4.92. The van der Waals surface area contributed by atoms with E-state index in [0.717, 1.165) is 0 Å². The van der Waals surface area contributed by atoms with Crippen LogP contribution >= 0.6 is 0 Å². The van der Waals surface area contributed by atoms with E-state index in [-0.39, 0.29) is 5.91 Å². The van der Waals surface area contributed by atoms with Crippen molar-refractivity contribution in [2.45, 2.75) is 13.0 Å². The Hall–Kier alpha value is -2.69. The molecule has 114 valence electrons. The average Bonchev–Trinajstić information content (AvgIpc) is 2.55. The molecule has 0 radical (unpaired) electrons. The zero-order chi connectivity index (χ0) is 15.4. The van der Waals surface area contributed by atoms with Gasteiger partial charge in [0.05, 0.1) is 0 Å². The smallest absolute Gasteiger partial charge is 0.265 e. The molecule has 1 aliphatic rings. The van der Waals surface area contributed by atoms with Crippen LogP contribution in [0.15, 0.2) is 48.5 Å². The van der Waals surface area contributed by atoms with Crippen molar-refractivity contribution in [3.05, 3.63) is 48.5 Å². The number of carbonyl (C=O) groups excluding carboxylic acids is 1. The standard InChI is InChI=1S/C17H17NO4/c1-12(22-14-5-3-2-4-6-14)17(19)18-13-7-8-15-16(11-13)21-10-9-20-15/h2-8,11-12H,9-10H2,1H3,(H,18,19)/t12-/m0/s1. The van der Waals surface area contributed by atoms with Gasteiger partial charge in [0, 0.05) is 11.8 Å². The van der Waals surface area contributed by atoms with E-state index in [9.17, 15) is 4.79 Å². The zero-order valence-electron chi connectivity index (χ0n) is 12.2. The van der Waals surface area contributed by atoms with Crippen LogP contribution in [0, 0.1) is 0 Å². The third kappa shape index (κ3) is 3.31. The Balaban J connectivity index is 1.63. The number of hydrogen-bond acceptors (Lipinski definition) is 4. The molecule has 1 N–H and O–H groups in total. The van der Waals surface area contributed by atoms with E-state index in [1.807, 2.05) is 30.3 Å². The molecule has 1 aliphatic heterocycles. The highest BCUT2D eigenvalue weighted by Gasteiger charge is 2.17. The minimum Gasteiger partial charge on any atom is -0.486 e. The number of ether oxygens (including phenoxy) is 3. The molecule has 1 heterocycles. The molecule has 2 aromatic carbocycles. The lowest BCUT2D eigenvalue weighted by Gasteiger charge is -2.19. The van der Waals surface area contributed by atoms with Gasteiger partial charge in [-0.1, -0.05) is 18.2 Å². The van der Waals surface area contributed by atoms with Crippen LogP contribution in [0.4, 0.5) is 5.69 Å². The summed E-state index contributed by atoms with van der Waals surface area (Å²) in [6.07, 6.45) is -0.601. The van der Waals surface area contributed by atoms with Gasteiger partial charge < -0.3 is 19.5 Å². The van der Waals surface area contributed by atoms with Gasteiger partial charge in [-0.2, -0.15) is 0 Å². The quantitative estimate of drug-likeness (QED) is 0.943. The number of nitrogens with one attached hydrogen (secondary N) is 1. The summed E-state index contributed by atoms with van der Waals surface area (Å²) in [4.78, 5) is 12.2. The highest BCUT2D eigenvalue weighted by Crippen LogP contribution is 2.32. The predicted octanol–water partition coefficient (Wildman–Crippen LogP) is 2.86. The Morgan fingerprint density at radius 2 is 1.82 bits per heavy atom. The molecule has 3 rings (SSSR count). The van der Waals surface area contributed by atoms with E-state index >= 15 is 0 Å². The molecule has 0 aliphatic carbocycles. The number of fused-ring (bicyclic) bond motifs is 1. The summed E-state index contributed by atoms with van der Waals surface area (Å²) in [6.45, 7) is 2.76. The topological polar surface area (TPSA) is 56.8 Å². The normalized spacial score (nSPS) is 14.0. The number of benzene rings is 2. The van der Waals surface area contributed by atoms with Crippen molar-refractivity contribution in [3.8, 4) is 17.2 Å². The fraction of sp³-hybridized carbons (Fsp3) is 0.235. The van der Waals surface area contributed by atoms with Crippen LogP contribution in [-0.4, -0.2) is 25.2 Å². The molecule has 0 unspecified atom stereocenters. The lowest BCUT2D eigenvalue weighted by Crippen LogP contribution is -2.30. The fourth-order valence-electron chi connectivity index (χ4n) is 2.12. The number of carbonyl (C=O) groups is 1. The minimum atomic E-state index is -0.601. The molecular formula is C17H17NO4. The SMILES string of the molecule is C[C@H](Oc1ccccc1)C(=O)Nc1ccc2c(c1)OCCO2. The van der Waals surface area contributed by atoms with Crippen LogP contribution in [0.3, 0.4) is 0 Å². The summed E-state index contributed by atoms with van der Waals surface area (Å²) in [5, 5.41) is 2.81. The molecule has 1 atom stereocenters. The van der Waals surface area contributed by atoms with E-state index < -0.39 is 6.10 Å². The third-order valence-electron chi connectivity index (χ3n) is 3.24. The Kier molecular flexibility index (Phi) is 4.14. The van der Waals surface area contributed by atoms with Crippen LogP contribution in [-0.2, 0) is 4.79 Å². The van der Waals surface area contributed by atoms with Crippen molar-refractivity contribution in [3.63, 3.8) is 0 Å². The summed E-state index contributed by atoms with van der Waals surface area (Å²) in [6, 6.07) is 14.6. The Morgan fingerprint density at radius 1 is 1.09 bits per heavy atom. The van der Waals surface area contributed by atoms with Gasteiger partial charge in [0.25, 0.3) is 5.91 Å². The number of para-hydroxylation sites is 1. The van der Waals surface area contributed by atoms with Gasteiger partial charge in [-0.25, -0.2) is 0 Å². The van der Waals surface area contributed by atoms with Crippen LogP contribution in [0.1, 0.15) is 6.92 Å².